The Labute approximate surface area is 148 Å². The summed E-state index contributed by atoms with van der Waals surface area (Å²) in [5.74, 6) is 1.37. The molecule has 0 atom stereocenters. The summed E-state index contributed by atoms with van der Waals surface area (Å²) in [7, 11) is 3.56. The Morgan fingerprint density at radius 2 is 1.95 bits per heavy atom. The van der Waals surface area contributed by atoms with E-state index in [-0.39, 0.29) is 24.0 Å². The van der Waals surface area contributed by atoms with Crippen molar-refractivity contribution in [3.63, 3.8) is 0 Å². The van der Waals surface area contributed by atoms with Gasteiger partial charge in [-0.05, 0) is 11.6 Å². The van der Waals surface area contributed by atoms with Gasteiger partial charge in [-0.3, -0.25) is 4.99 Å². The first-order valence-electron chi connectivity index (χ1n) is 6.82. The minimum Gasteiger partial charge on any atom is -0.473 e. The molecule has 2 aromatic rings. The van der Waals surface area contributed by atoms with E-state index in [0.29, 0.717) is 19.0 Å². The number of hydrogen-bond donors (Lipinski definition) is 2. The fraction of sp³-hybridized carbons (Fsp3) is 0.250. The van der Waals surface area contributed by atoms with Crippen molar-refractivity contribution in [1.82, 2.24) is 15.6 Å². The molecule has 0 fully saturated rings. The van der Waals surface area contributed by atoms with Crippen LogP contribution in [0.5, 0.6) is 5.88 Å². The van der Waals surface area contributed by atoms with Crippen molar-refractivity contribution in [2.45, 2.75) is 13.2 Å². The molecule has 0 radical (unpaired) electrons. The van der Waals surface area contributed by atoms with Crippen LogP contribution in [0.1, 0.15) is 11.1 Å². The van der Waals surface area contributed by atoms with Crippen LogP contribution in [0.4, 0.5) is 0 Å². The summed E-state index contributed by atoms with van der Waals surface area (Å²) in [6.07, 6.45) is 1.73. The quantitative estimate of drug-likeness (QED) is 0.451. The third-order valence-corrected chi connectivity index (χ3v) is 2.98. The monoisotopic (exact) mass is 412 g/mol. The lowest BCUT2D eigenvalue weighted by atomic mass is 10.2. The zero-order valence-corrected chi connectivity index (χ0v) is 15.1. The minimum atomic E-state index is 0. The maximum Gasteiger partial charge on any atom is 0.218 e. The molecule has 5 nitrogen and oxygen atoms in total. The van der Waals surface area contributed by atoms with Crippen molar-refractivity contribution in [2.75, 3.05) is 14.1 Å². The predicted octanol–water partition coefficient (Wildman–Crippen LogP) is 2.57. The molecule has 118 valence electrons. The number of nitrogens with one attached hydrogen (secondary N) is 2. The SMILES string of the molecule is CN=C(NC)NCc1cccnc1OCc1ccccc1.I. The van der Waals surface area contributed by atoms with Gasteiger partial charge in [0.2, 0.25) is 5.88 Å². The molecule has 0 aliphatic carbocycles. The van der Waals surface area contributed by atoms with Crippen LogP contribution in [0.2, 0.25) is 0 Å². The summed E-state index contributed by atoms with van der Waals surface area (Å²) >= 11 is 0. The molecule has 1 aromatic carbocycles. The average Bonchev–Trinajstić information content (AvgIpc) is 2.56. The normalized spacial score (nSPS) is 10.5. The smallest absolute Gasteiger partial charge is 0.218 e. The highest BCUT2D eigenvalue weighted by Gasteiger charge is 2.05. The summed E-state index contributed by atoms with van der Waals surface area (Å²) in [6, 6.07) is 13.9. The lowest BCUT2D eigenvalue weighted by molar-refractivity contribution is 0.290. The van der Waals surface area contributed by atoms with Gasteiger partial charge in [0.25, 0.3) is 0 Å². The number of guanidine groups is 1. The van der Waals surface area contributed by atoms with Crippen LogP contribution in [0.25, 0.3) is 0 Å². The first-order chi connectivity index (χ1) is 10.3. The average molecular weight is 412 g/mol. The van der Waals surface area contributed by atoms with Crippen molar-refractivity contribution < 1.29 is 4.74 Å². The Morgan fingerprint density at radius 1 is 1.18 bits per heavy atom. The Kier molecular flexibility index (Phi) is 8.27. The van der Waals surface area contributed by atoms with Crippen LogP contribution in [-0.4, -0.2) is 25.0 Å². The second-order valence-electron chi connectivity index (χ2n) is 4.42. The molecule has 2 rings (SSSR count). The topological polar surface area (TPSA) is 58.5 Å². The van der Waals surface area contributed by atoms with Gasteiger partial charge in [0, 0.05) is 32.4 Å². The maximum atomic E-state index is 5.81. The van der Waals surface area contributed by atoms with E-state index in [1.54, 1.807) is 13.2 Å². The van der Waals surface area contributed by atoms with Crippen molar-refractivity contribution in [3.05, 3.63) is 59.8 Å². The highest BCUT2D eigenvalue weighted by Crippen LogP contribution is 2.15. The summed E-state index contributed by atoms with van der Waals surface area (Å²) in [5.41, 5.74) is 2.11. The molecule has 0 aliphatic rings. The Morgan fingerprint density at radius 3 is 2.64 bits per heavy atom. The maximum absolute atomic E-state index is 5.81. The van der Waals surface area contributed by atoms with Crippen molar-refractivity contribution in [2.24, 2.45) is 4.99 Å². The second kappa shape index (κ2) is 9.99. The molecule has 2 N–H and O–H groups in total. The van der Waals surface area contributed by atoms with E-state index in [1.807, 2.05) is 49.5 Å². The van der Waals surface area contributed by atoms with Gasteiger partial charge in [-0.1, -0.05) is 36.4 Å². The molecule has 0 amide bonds. The lowest BCUT2D eigenvalue weighted by Crippen LogP contribution is -2.34. The summed E-state index contributed by atoms with van der Waals surface area (Å²) in [4.78, 5) is 8.38. The van der Waals surface area contributed by atoms with E-state index in [1.165, 1.54) is 0 Å². The van der Waals surface area contributed by atoms with E-state index in [0.717, 1.165) is 17.1 Å². The third-order valence-electron chi connectivity index (χ3n) is 2.98. The van der Waals surface area contributed by atoms with Crippen LogP contribution in [0, 0.1) is 0 Å². The van der Waals surface area contributed by atoms with Gasteiger partial charge in [0.1, 0.15) is 6.61 Å². The van der Waals surface area contributed by atoms with Crippen molar-refractivity contribution in [1.29, 1.82) is 0 Å². The molecule has 1 heterocycles. The van der Waals surface area contributed by atoms with Gasteiger partial charge in [-0.2, -0.15) is 0 Å². The molecule has 1 aromatic heterocycles. The molecule has 0 spiro atoms. The number of aromatic nitrogens is 1. The summed E-state index contributed by atoms with van der Waals surface area (Å²) < 4.78 is 5.81. The van der Waals surface area contributed by atoms with E-state index in [4.69, 9.17) is 4.74 Å². The van der Waals surface area contributed by atoms with E-state index < -0.39 is 0 Å². The molecule has 0 aliphatic heterocycles. The molecule has 0 bridgehead atoms. The number of benzene rings is 1. The molecule has 0 unspecified atom stereocenters. The highest BCUT2D eigenvalue weighted by atomic mass is 127. The number of nitrogens with zero attached hydrogens (tertiary/aromatic N) is 2. The van der Waals surface area contributed by atoms with Gasteiger partial charge in [0.05, 0.1) is 0 Å². The highest BCUT2D eigenvalue weighted by molar-refractivity contribution is 14.0. The van der Waals surface area contributed by atoms with Crippen LogP contribution < -0.4 is 15.4 Å². The van der Waals surface area contributed by atoms with Gasteiger partial charge in [-0.15, -0.1) is 24.0 Å². The molecule has 22 heavy (non-hydrogen) atoms. The number of hydrogen-bond acceptors (Lipinski definition) is 3. The first-order valence-corrected chi connectivity index (χ1v) is 6.82. The van der Waals surface area contributed by atoms with Gasteiger partial charge in [-0.25, -0.2) is 4.98 Å². The molecule has 0 saturated carbocycles. The molecular formula is C16H21IN4O. The van der Waals surface area contributed by atoms with E-state index in [2.05, 4.69) is 20.6 Å². The Bertz CT molecular complexity index is 590. The standard InChI is InChI=1S/C16H20N4O.HI/c1-17-16(18-2)20-11-14-9-6-10-19-15(14)21-12-13-7-4-3-5-8-13;/h3-10H,11-12H2,1-2H3,(H2,17,18,20);1H. The Balaban J connectivity index is 0.00000242. The summed E-state index contributed by atoms with van der Waals surface area (Å²) in [6.45, 7) is 1.11. The summed E-state index contributed by atoms with van der Waals surface area (Å²) in [5, 5.41) is 6.17. The molecular weight excluding hydrogens is 391 g/mol. The van der Waals surface area contributed by atoms with Crippen LogP contribution in [0.15, 0.2) is 53.7 Å². The van der Waals surface area contributed by atoms with Crippen LogP contribution in [0.3, 0.4) is 0 Å². The van der Waals surface area contributed by atoms with Crippen molar-refractivity contribution >= 4 is 29.9 Å². The van der Waals surface area contributed by atoms with E-state index in [9.17, 15) is 0 Å². The fourth-order valence-corrected chi connectivity index (χ4v) is 1.87. The Hall–Kier alpha value is -1.83. The number of ether oxygens (including phenoxy) is 1. The van der Waals surface area contributed by atoms with Crippen molar-refractivity contribution in [3.8, 4) is 5.88 Å². The fourth-order valence-electron chi connectivity index (χ4n) is 1.87. The van der Waals surface area contributed by atoms with Gasteiger partial charge >= 0.3 is 0 Å². The predicted molar refractivity (Wildman–Crippen MR) is 99.7 cm³/mol. The lowest BCUT2D eigenvalue weighted by Gasteiger charge is -2.12. The molecule has 6 heteroatoms. The molecule has 0 saturated heterocycles. The minimum absolute atomic E-state index is 0. The largest absolute Gasteiger partial charge is 0.473 e. The number of halogens is 1. The third kappa shape index (κ3) is 5.51. The van der Waals surface area contributed by atoms with E-state index >= 15 is 0 Å². The first kappa shape index (κ1) is 18.2. The zero-order valence-electron chi connectivity index (χ0n) is 12.7. The number of rotatable bonds is 5. The second-order valence-corrected chi connectivity index (χ2v) is 4.42. The number of pyridine rings is 1. The van der Waals surface area contributed by atoms with Crippen LogP contribution in [-0.2, 0) is 13.2 Å². The van der Waals surface area contributed by atoms with Crippen LogP contribution >= 0.6 is 24.0 Å². The number of aliphatic imine (C=N–C) groups is 1. The zero-order chi connectivity index (χ0) is 14.9. The van der Waals surface area contributed by atoms with Gasteiger partial charge < -0.3 is 15.4 Å². The van der Waals surface area contributed by atoms with Gasteiger partial charge in [0.15, 0.2) is 5.96 Å².